The second kappa shape index (κ2) is 18.7. The molecule has 6 nitrogen and oxygen atoms in total. The molecular formula is C33H40Cl3IN2O4. The molecule has 0 radical (unpaired) electrons. The summed E-state index contributed by atoms with van der Waals surface area (Å²) in [5.74, 6) is 0.538. The molecule has 0 aliphatic heterocycles. The van der Waals surface area contributed by atoms with Gasteiger partial charge < -0.3 is 43.3 Å². The van der Waals surface area contributed by atoms with E-state index in [-0.39, 0.29) is 51.5 Å². The number of carbonyl (C=O) groups is 2. The molecule has 3 aromatic rings. The number of quaternary nitrogens is 1. The van der Waals surface area contributed by atoms with E-state index in [1.807, 2.05) is 18.2 Å². The van der Waals surface area contributed by atoms with E-state index in [0.717, 1.165) is 44.9 Å². The van der Waals surface area contributed by atoms with E-state index in [9.17, 15) is 9.59 Å². The van der Waals surface area contributed by atoms with E-state index in [2.05, 4.69) is 38.6 Å². The summed E-state index contributed by atoms with van der Waals surface area (Å²) in [6.45, 7) is 1.32. The third kappa shape index (κ3) is 12.8. The zero-order chi connectivity index (χ0) is 30.5. The SMILES string of the molecule is C[N+](C)(C)C(Cc1ccccc1)C(=O)NCCCCCCCCOc1ccc(OC(=O)c2cc(Cl)cc(Cl)c2Cl)cc1.[I-]. The first kappa shape index (κ1) is 37.1. The highest BCUT2D eigenvalue weighted by atomic mass is 127. The van der Waals surface area contributed by atoms with Crippen LogP contribution in [0.2, 0.25) is 15.1 Å². The van der Waals surface area contributed by atoms with Gasteiger partial charge in [-0.3, -0.25) is 4.79 Å². The minimum atomic E-state index is -0.642. The minimum absolute atomic E-state index is 0. The highest BCUT2D eigenvalue weighted by molar-refractivity contribution is 6.45. The fourth-order valence-corrected chi connectivity index (χ4v) is 5.16. The van der Waals surface area contributed by atoms with Crippen molar-refractivity contribution in [2.75, 3.05) is 34.3 Å². The number of esters is 1. The van der Waals surface area contributed by atoms with Crippen LogP contribution in [0, 0.1) is 0 Å². The second-order valence-electron chi connectivity index (χ2n) is 11.2. The minimum Gasteiger partial charge on any atom is -1.00 e. The van der Waals surface area contributed by atoms with E-state index in [1.165, 1.54) is 17.7 Å². The summed E-state index contributed by atoms with van der Waals surface area (Å²) >= 11 is 18.1. The number of nitrogens with one attached hydrogen (secondary N) is 1. The maximum absolute atomic E-state index is 12.9. The lowest BCUT2D eigenvalue weighted by Crippen LogP contribution is -3.00. The Balaban J connectivity index is 0.00000645. The summed E-state index contributed by atoms with van der Waals surface area (Å²) in [4.78, 5) is 25.4. The zero-order valence-electron chi connectivity index (χ0n) is 24.9. The van der Waals surface area contributed by atoms with Gasteiger partial charge in [-0.25, -0.2) is 4.79 Å². The van der Waals surface area contributed by atoms with Crippen LogP contribution in [-0.2, 0) is 11.2 Å². The van der Waals surface area contributed by atoms with Crippen molar-refractivity contribution in [1.82, 2.24) is 5.32 Å². The van der Waals surface area contributed by atoms with E-state index in [1.54, 1.807) is 24.3 Å². The number of benzene rings is 3. The van der Waals surface area contributed by atoms with Gasteiger partial charge in [0.05, 0.1) is 43.4 Å². The Bertz CT molecular complexity index is 1300. The van der Waals surface area contributed by atoms with E-state index in [0.29, 0.717) is 34.2 Å². The largest absolute Gasteiger partial charge is 1.00 e. The number of unbranched alkanes of at least 4 members (excludes halogenated alkanes) is 5. The molecule has 1 atom stereocenters. The fraction of sp³-hybridized carbons (Fsp3) is 0.394. The summed E-state index contributed by atoms with van der Waals surface area (Å²) in [6.07, 6.45) is 7.06. The highest BCUT2D eigenvalue weighted by Crippen LogP contribution is 2.31. The molecule has 0 aliphatic rings. The van der Waals surface area contributed by atoms with Crippen molar-refractivity contribution < 1.29 is 47.5 Å². The first-order valence-corrected chi connectivity index (χ1v) is 15.4. The van der Waals surface area contributed by atoms with Gasteiger partial charge in [-0.05, 0) is 54.8 Å². The molecule has 0 aromatic heterocycles. The maximum Gasteiger partial charge on any atom is 0.345 e. The van der Waals surface area contributed by atoms with E-state index < -0.39 is 5.97 Å². The molecule has 10 heteroatoms. The predicted octanol–water partition coefficient (Wildman–Crippen LogP) is 5.02. The quantitative estimate of drug-likeness (QED) is 0.0557. The molecular weight excluding hydrogens is 722 g/mol. The van der Waals surface area contributed by atoms with Crippen LogP contribution in [-0.4, -0.2) is 56.7 Å². The number of ether oxygens (including phenoxy) is 2. The molecule has 1 amide bonds. The maximum atomic E-state index is 12.9. The van der Waals surface area contributed by atoms with Crippen molar-refractivity contribution >= 4 is 46.7 Å². The predicted molar refractivity (Wildman–Crippen MR) is 171 cm³/mol. The fourth-order valence-electron chi connectivity index (χ4n) is 4.48. The van der Waals surface area contributed by atoms with Gasteiger partial charge in [0, 0.05) is 18.0 Å². The molecule has 43 heavy (non-hydrogen) atoms. The summed E-state index contributed by atoms with van der Waals surface area (Å²) in [5, 5.41) is 3.73. The van der Waals surface area contributed by atoms with Crippen LogP contribution in [0.3, 0.4) is 0 Å². The number of hydrogen-bond acceptors (Lipinski definition) is 4. The van der Waals surface area contributed by atoms with Gasteiger partial charge in [0.25, 0.3) is 5.91 Å². The van der Waals surface area contributed by atoms with E-state index in [4.69, 9.17) is 44.3 Å². The van der Waals surface area contributed by atoms with Crippen LogP contribution >= 0.6 is 34.8 Å². The Labute approximate surface area is 287 Å². The topological polar surface area (TPSA) is 64.6 Å². The van der Waals surface area contributed by atoms with Gasteiger partial charge in [0.2, 0.25) is 0 Å². The van der Waals surface area contributed by atoms with Crippen LogP contribution in [0.5, 0.6) is 11.5 Å². The molecule has 0 saturated carbocycles. The lowest BCUT2D eigenvalue weighted by molar-refractivity contribution is -0.886. The lowest BCUT2D eigenvalue weighted by atomic mass is 10.0. The molecule has 0 fully saturated rings. The van der Waals surface area contributed by atoms with Gasteiger partial charge >= 0.3 is 5.97 Å². The summed E-state index contributed by atoms with van der Waals surface area (Å²) in [5.41, 5.74) is 1.28. The van der Waals surface area contributed by atoms with Crippen molar-refractivity contribution in [2.45, 2.75) is 51.0 Å². The molecule has 3 rings (SSSR count). The van der Waals surface area contributed by atoms with Gasteiger partial charge in [-0.2, -0.15) is 0 Å². The molecule has 0 bridgehead atoms. The summed E-state index contributed by atoms with van der Waals surface area (Å²) in [6, 6.07) is 19.8. The first-order valence-electron chi connectivity index (χ1n) is 14.3. The molecule has 0 spiro atoms. The number of nitrogens with zero attached hydrogens (tertiary/aromatic N) is 1. The molecule has 1 N–H and O–H groups in total. The number of amides is 1. The van der Waals surface area contributed by atoms with Gasteiger partial charge in [-0.15, -0.1) is 0 Å². The molecule has 0 aliphatic carbocycles. The first-order chi connectivity index (χ1) is 20.0. The third-order valence-electron chi connectivity index (χ3n) is 6.90. The summed E-state index contributed by atoms with van der Waals surface area (Å²) < 4.78 is 11.8. The Hall–Kier alpha value is -2.04. The second-order valence-corrected chi connectivity index (χ2v) is 12.4. The third-order valence-corrected chi connectivity index (χ3v) is 7.92. The number of rotatable bonds is 16. The molecule has 3 aromatic carbocycles. The van der Waals surface area contributed by atoms with Gasteiger partial charge in [0.1, 0.15) is 11.5 Å². The molecule has 0 heterocycles. The Morgan fingerprint density at radius 2 is 1.42 bits per heavy atom. The van der Waals surface area contributed by atoms with Crippen molar-refractivity contribution in [1.29, 1.82) is 0 Å². The van der Waals surface area contributed by atoms with E-state index >= 15 is 0 Å². The average Bonchev–Trinajstić information content (AvgIpc) is 2.95. The average molecular weight is 762 g/mol. The Morgan fingerprint density at radius 3 is 2.07 bits per heavy atom. The normalized spacial score (nSPS) is 11.8. The van der Waals surface area contributed by atoms with Gasteiger partial charge in [-0.1, -0.05) is 90.8 Å². The van der Waals surface area contributed by atoms with Crippen LogP contribution < -0.4 is 38.8 Å². The van der Waals surface area contributed by atoms with Crippen LogP contribution in [0.4, 0.5) is 0 Å². The Morgan fingerprint density at radius 1 is 0.814 bits per heavy atom. The van der Waals surface area contributed by atoms with Gasteiger partial charge in [0.15, 0.2) is 6.04 Å². The number of halogens is 4. The molecule has 234 valence electrons. The number of likely N-dealkylation sites (N-methyl/N-ethyl adjacent to an activating group) is 1. The Kier molecular flexibility index (Phi) is 16.2. The van der Waals surface area contributed by atoms with Crippen LogP contribution in [0.1, 0.15) is 54.4 Å². The monoisotopic (exact) mass is 760 g/mol. The van der Waals surface area contributed by atoms with Crippen LogP contribution in [0.15, 0.2) is 66.7 Å². The zero-order valence-corrected chi connectivity index (χ0v) is 29.3. The smallest absolute Gasteiger partial charge is 0.345 e. The number of carbonyl (C=O) groups excluding carboxylic acids is 2. The van der Waals surface area contributed by atoms with Crippen molar-refractivity contribution in [2.24, 2.45) is 0 Å². The van der Waals surface area contributed by atoms with Crippen molar-refractivity contribution in [3.8, 4) is 11.5 Å². The number of hydrogen-bond donors (Lipinski definition) is 1. The highest BCUT2D eigenvalue weighted by Gasteiger charge is 2.31. The molecule has 0 saturated heterocycles. The van der Waals surface area contributed by atoms with Crippen molar-refractivity contribution in [3.63, 3.8) is 0 Å². The molecule has 1 unspecified atom stereocenters. The standard InChI is InChI=1S/C33H39Cl3N2O4.HI/c1-38(2,3)30(21-24-13-9-8-10-14-24)32(39)37-19-11-6-4-5-7-12-20-41-26-15-17-27(18-16-26)42-33(40)28-22-25(34)23-29(35)31(28)36;/h8-10,13-18,22-23,30H,4-7,11-12,19-21H2,1-3H3;1H. The van der Waals surface area contributed by atoms with Crippen LogP contribution in [0.25, 0.3) is 0 Å². The lowest BCUT2D eigenvalue weighted by Gasteiger charge is -2.33. The van der Waals surface area contributed by atoms with Crippen molar-refractivity contribution in [3.05, 3.63) is 92.9 Å². The summed E-state index contributed by atoms with van der Waals surface area (Å²) in [7, 11) is 6.21.